The molecule has 4 nitrogen and oxygen atoms in total. The lowest BCUT2D eigenvalue weighted by Gasteiger charge is -2.13. The molecule has 18 heavy (non-hydrogen) atoms. The molecule has 0 aliphatic heterocycles. The van der Waals surface area contributed by atoms with Crippen molar-refractivity contribution in [2.45, 2.75) is 25.8 Å². The lowest BCUT2D eigenvalue weighted by Crippen LogP contribution is -2.37. The number of nitrogens with one attached hydrogen (secondary N) is 1. The topological polar surface area (TPSA) is 55.4 Å². The fourth-order valence-electron chi connectivity index (χ4n) is 1.80. The van der Waals surface area contributed by atoms with Gasteiger partial charge in [0, 0.05) is 11.6 Å². The number of aldehydes is 1. The highest BCUT2D eigenvalue weighted by molar-refractivity contribution is 5.78. The van der Waals surface area contributed by atoms with Gasteiger partial charge in [-0.05, 0) is 49.9 Å². The maximum absolute atomic E-state index is 11.6. The zero-order chi connectivity index (χ0) is 13.0. The van der Waals surface area contributed by atoms with Crippen LogP contribution in [0.5, 0.6) is 5.75 Å². The van der Waals surface area contributed by atoms with Crippen LogP contribution >= 0.6 is 0 Å². The largest absolute Gasteiger partial charge is 0.484 e. The van der Waals surface area contributed by atoms with E-state index in [0.717, 1.165) is 6.29 Å². The number of hydrogen-bond acceptors (Lipinski definition) is 3. The number of carbonyl (C=O) groups is 2. The third-order valence-corrected chi connectivity index (χ3v) is 3.10. The molecular weight excluding hydrogens is 230 g/mol. The minimum absolute atomic E-state index is 0.0114. The Kier molecular flexibility index (Phi) is 3.97. The number of amides is 1. The van der Waals surface area contributed by atoms with Gasteiger partial charge >= 0.3 is 0 Å². The monoisotopic (exact) mass is 247 g/mol. The molecule has 1 saturated carbocycles. The highest BCUT2D eigenvalue weighted by atomic mass is 16.5. The molecule has 1 aromatic carbocycles. The molecule has 0 heterocycles. The van der Waals surface area contributed by atoms with E-state index in [2.05, 4.69) is 5.32 Å². The third-order valence-electron chi connectivity index (χ3n) is 3.10. The van der Waals surface area contributed by atoms with Gasteiger partial charge in [0.1, 0.15) is 12.0 Å². The van der Waals surface area contributed by atoms with Crippen molar-refractivity contribution in [3.63, 3.8) is 0 Å². The fourth-order valence-corrected chi connectivity index (χ4v) is 1.80. The molecule has 1 atom stereocenters. The molecule has 0 bridgehead atoms. The Bertz CT molecular complexity index is 423. The van der Waals surface area contributed by atoms with Crippen molar-refractivity contribution in [2.24, 2.45) is 5.92 Å². The van der Waals surface area contributed by atoms with E-state index in [-0.39, 0.29) is 18.6 Å². The van der Waals surface area contributed by atoms with Crippen molar-refractivity contribution in [1.82, 2.24) is 5.32 Å². The van der Waals surface area contributed by atoms with E-state index in [1.165, 1.54) is 12.8 Å². The Morgan fingerprint density at radius 1 is 1.44 bits per heavy atom. The molecule has 1 aliphatic rings. The molecule has 1 fully saturated rings. The average Bonchev–Trinajstić information content (AvgIpc) is 3.21. The first-order valence-corrected chi connectivity index (χ1v) is 6.16. The zero-order valence-electron chi connectivity index (χ0n) is 10.4. The molecule has 96 valence electrons. The Morgan fingerprint density at radius 3 is 2.67 bits per heavy atom. The van der Waals surface area contributed by atoms with Gasteiger partial charge in [0.2, 0.25) is 0 Å². The van der Waals surface area contributed by atoms with E-state index in [1.54, 1.807) is 24.3 Å². The van der Waals surface area contributed by atoms with Gasteiger partial charge in [0.25, 0.3) is 5.91 Å². The van der Waals surface area contributed by atoms with Crippen molar-refractivity contribution < 1.29 is 14.3 Å². The number of ether oxygens (including phenoxy) is 1. The quantitative estimate of drug-likeness (QED) is 0.780. The van der Waals surface area contributed by atoms with Gasteiger partial charge in [0.05, 0.1) is 0 Å². The summed E-state index contributed by atoms with van der Waals surface area (Å²) in [4.78, 5) is 22.1. The van der Waals surface area contributed by atoms with Gasteiger partial charge in [0.15, 0.2) is 6.61 Å². The van der Waals surface area contributed by atoms with Crippen molar-refractivity contribution in [3.8, 4) is 5.75 Å². The van der Waals surface area contributed by atoms with E-state index in [4.69, 9.17) is 4.74 Å². The van der Waals surface area contributed by atoms with Crippen LogP contribution in [0, 0.1) is 5.92 Å². The molecule has 0 spiro atoms. The first kappa shape index (κ1) is 12.6. The lowest BCUT2D eigenvalue weighted by atomic mass is 10.2. The summed E-state index contributed by atoms with van der Waals surface area (Å²) in [6.45, 7) is 2.03. The van der Waals surface area contributed by atoms with Gasteiger partial charge in [-0.25, -0.2) is 0 Å². The van der Waals surface area contributed by atoms with Gasteiger partial charge in [-0.1, -0.05) is 0 Å². The summed E-state index contributed by atoms with van der Waals surface area (Å²) in [7, 11) is 0. The lowest BCUT2D eigenvalue weighted by molar-refractivity contribution is -0.123. The summed E-state index contributed by atoms with van der Waals surface area (Å²) in [5.41, 5.74) is 0.592. The molecule has 1 aromatic rings. The van der Waals surface area contributed by atoms with Gasteiger partial charge in [-0.2, -0.15) is 0 Å². The molecule has 1 amide bonds. The summed E-state index contributed by atoms with van der Waals surface area (Å²) in [5.74, 6) is 1.13. The fraction of sp³-hybridized carbons (Fsp3) is 0.429. The minimum Gasteiger partial charge on any atom is -0.484 e. The molecule has 0 aromatic heterocycles. The number of rotatable bonds is 6. The second kappa shape index (κ2) is 5.67. The van der Waals surface area contributed by atoms with E-state index in [0.29, 0.717) is 17.2 Å². The third kappa shape index (κ3) is 3.58. The van der Waals surface area contributed by atoms with Crippen LogP contribution in [-0.2, 0) is 4.79 Å². The van der Waals surface area contributed by atoms with Crippen LogP contribution in [0.1, 0.15) is 30.1 Å². The second-order valence-electron chi connectivity index (χ2n) is 4.67. The minimum atomic E-state index is -0.103. The van der Waals surface area contributed by atoms with Crippen molar-refractivity contribution in [2.75, 3.05) is 6.61 Å². The Labute approximate surface area is 106 Å². The zero-order valence-corrected chi connectivity index (χ0v) is 10.4. The van der Waals surface area contributed by atoms with E-state index < -0.39 is 0 Å². The Balaban J connectivity index is 1.75. The Hall–Kier alpha value is -1.84. The highest BCUT2D eigenvalue weighted by Gasteiger charge is 2.28. The maximum Gasteiger partial charge on any atom is 0.258 e. The summed E-state index contributed by atoms with van der Waals surface area (Å²) >= 11 is 0. The van der Waals surface area contributed by atoms with Crippen molar-refractivity contribution in [1.29, 1.82) is 0 Å². The SMILES string of the molecule is CC(NC(=O)COc1ccc(C=O)cc1)C1CC1. The van der Waals surface area contributed by atoms with Crippen LogP contribution in [0.4, 0.5) is 0 Å². The maximum atomic E-state index is 11.6. The standard InChI is InChI=1S/C14H17NO3/c1-10(12-4-5-12)15-14(17)9-18-13-6-2-11(8-16)3-7-13/h2-3,6-8,10,12H,4-5,9H2,1H3,(H,15,17). The molecule has 2 rings (SSSR count). The molecule has 1 N–H and O–H groups in total. The number of carbonyl (C=O) groups excluding carboxylic acids is 2. The number of benzene rings is 1. The molecule has 4 heteroatoms. The predicted molar refractivity (Wildman–Crippen MR) is 67.7 cm³/mol. The first-order chi connectivity index (χ1) is 8.69. The molecule has 1 aliphatic carbocycles. The first-order valence-electron chi connectivity index (χ1n) is 6.16. The second-order valence-corrected chi connectivity index (χ2v) is 4.67. The van der Waals surface area contributed by atoms with Gasteiger partial charge in [-0.15, -0.1) is 0 Å². The predicted octanol–water partition coefficient (Wildman–Crippen LogP) is 1.79. The van der Waals surface area contributed by atoms with Crippen LogP contribution in [0.25, 0.3) is 0 Å². The average molecular weight is 247 g/mol. The summed E-state index contributed by atoms with van der Waals surface area (Å²) < 4.78 is 5.34. The van der Waals surface area contributed by atoms with Crippen LogP contribution in [0.2, 0.25) is 0 Å². The van der Waals surface area contributed by atoms with E-state index in [9.17, 15) is 9.59 Å². The van der Waals surface area contributed by atoms with E-state index in [1.807, 2.05) is 6.92 Å². The molecule has 0 saturated heterocycles. The van der Waals surface area contributed by atoms with Crippen molar-refractivity contribution >= 4 is 12.2 Å². The summed E-state index contributed by atoms with van der Waals surface area (Å²) in [6, 6.07) is 6.92. The molecule has 0 radical (unpaired) electrons. The highest BCUT2D eigenvalue weighted by Crippen LogP contribution is 2.32. The molecular formula is C14H17NO3. The smallest absolute Gasteiger partial charge is 0.258 e. The Morgan fingerprint density at radius 2 is 2.11 bits per heavy atom. The van der Waals surface area contributed by atoms with Crippen LogP contribution in [0.3, 0.4) is 0 Å². The summed E-state index contributed by atoms with van der Waals surface area (Å²) in [6.07, 6.45) is 3.18. The van der Waals surface area contributed by atoms with E-state index >= 15 is 0 Å². The normalized spacial score (nSPS) is 15.8. The van der Waals surface area contributed by atoms with Gasteiger partial charge < -0.3 is 10.1 Å². The van der Waals surface area contributed by atoms with Gasteiger partial charge in [-0.3, -0.25) is 9.59 Å². The van der Waals surface area contributed by atoms with Crippen LogP contribution < -0.4 is 10.1 Å². The summed E-state index contributed by atoms with van der Waals surface area (Å²) in [5, 5.41) is 2.91. The van der Waals surface area contributed by atoms with Crippen molar-refractivity contribution in [3.05, 3.63) is 29.8 Å². The van der Waals surface area contributed by atoms with Crippen LogP contribution in [-0.4, -0.2) is 24.8 Å². The van der Waals surface area contributed by atoms with Crippen LogP contribution in [0.15, 0.2) is 24.3 Å². The molecule has 1 unspecified atom stereocenters. The number of hydrogen-bond donors (Lipinski definition) is 1.